The molecule has 0 fully saturated rings. The van der Waals surface area contributed by atoms with Crippen LogP contribution in [-0.2, 0) is 6.61 Å². The minimum atomic E-state index is -0.155. The molecule has 72 valence electrons. The quantitative estimate of drug-likeness (QED) is 0.691. The zero-order valence-corrected chi connectivity index (χ0v) is 7.20. The van der Waals surface area contributed by atoms with Gasteiger partial charge in [0.05, 0.1) is 19.0 Å². The Morgan fingerprint density at radius 1 is 1.36 bits per heavy atom. The van der Waals surface area contributed by atoms with Crippen molar-refractivity contribution < 1.29 is 10.2 Å². The third kappa shape index (κ3) is 1.55. The van der Waals surface area contributed by atoms with Crippen LogP contribution in [0, 0.1) is 0 Å². The molecule has 0 amide bonds. The number of hydrogen-bond donors (Lipinski definition) is 2. The van der Waals surface area contributed by atoms with Crippen molar-refractivity contribution in [2.75, 3.05) is 0 Å². The average molecular weight is 192 g/mol. The van der Waals surface area contributed by atoms with Crippen molar-refractivity contribution in [1.29, 1.82) is 0 Å². The highest BCUT2D eigenvalue weighted by molar-refractivity contribution is 5.26. The van der Waals surface area contributed by atoms with Crippen molar-refractivity contribution in [3.8, 4) is 11.6 Å². The van der Waals surface area contributed by atoms with Gasteiger partial charge in [-0.2, -0.15) is 0 Å². The summed E-state index contributed by atoms with van der Waals surface area (Å²) in [6, 6.07) is 3.10. The van der Waals surface area contributed by atoms with Crippen LogP contribution in [0.2, 0.25) is 0 Å². The Bertz CT molecular complexity index is 423. The Labute approximate surface area is 79.5 Å². The molecule has 0 spiro atoms. The Balaban J connectivity index is 2.34. The Morgan fingerprint density at radius 2 is 2.21 bits per heavy atom. The third-order valence-corrected chi connectivity index (χ3v) is 1.67. The maximum absolute atomic E-state index is 9.01. The molecule has 0 saturated carbocycles. The van der Waals surface area contributed by atoms with E-state index in [-0.39, 0.29) is 12.4 Å². The van der Waals surface area contributed by atoms with E-state index in [0.29, 0.717) is 11.5 Å². The molecule has 0 radical (unpaired) electrons. The number of aromatic nitrogens is 4. The normalized spacial score (nSPS) is 10.4. The first-order valence-corrected chi connectivity index (χ1v) is 3.97. The van der Waals surface area contributed by atoms with Crippen molar-refractivity contribution in [2.24, 2.45) is 0 Å². The number of pyridine rings is 1. The van der Waals surface area contributed by atoms with Gasteiger partial charge in [-0.15, -0.1) is 5.10 Å². The largest absolute Gasteiger partial charge is 0.506 e. The minimum Gasteiger partial charge on any atom is -0.506 e. The van der Waals surface area contributed by atoms with Gasteiger partial charge in [-0.25, -0.2) is 9.67 Å². The molecule has 0 aliphatic carbocycles. The van der Waals surface area contributed by atoms with Gasteiger partial charge in [-0.3, -0.25) is 0 Å². The van der Waals surface area contributed by atoms with E-state index >= 15 is 0 Å². The lowest BCUT2D eigenvalue weighted by atomic mass is 10.4. The molecule has 2 rings (SSSR count). The van der Waals surface area contributed by atoms with Gasteiger partial charge in [0.15, 0.2) is 5.82 Å². The van der Waals surface area contributed by atoms with Crippen molar-refractivity contribution >= 4 is 0 Å². The summed E-state index contributed by atoms with van der Waals surface area (Å²) in [6.07, 6.45) is 2.88. The van der Waals surface area contributed by atoms with Gasteiger partial charge in [-0.1, -0.05) is 5.21 Å². The highest BCUT2D eigenvalue weighted by atomic mass is 16.3. The molecule has 6 heteroatoms. The zero-order chi connectivity index (χ0) is 9.97. The van der Waals surface area contributed by atoms with Gasteiger partial charge in [-0.05, 0) is 12.1 Å². The Hall–Kier alpha value is -1.95. The van der Waals surface area contributed by atoms with Crippen LogP contribution in [0.3, 0.4) is 0 Å². The summed E-state index contributed by atoms with van der Waals surface area (Å²) in [5.41, 5.74) is 0.472. The predicted molar refractivity (Wildman–Crippen MR) is 46.7 cm³/mol. The highest BCUT2D eigenvalue weighted by Crippen LogP contribution is 2.08. The molecule has 2 heterocycles. The number of aromatic hydroxyl groups is 1. The monoisotopic (exact) mass is 192 g/mol. The fraction of sp³-hybridized carbons (Fsp3) is 0.125. The van der Waals surface area contributed by atoms with Crippen molar-refractivity contribution in [3.05, 3.63) is 30.2 Å². The zero-order valence-electron chi connectivity index (χ0n) is 7.20. The standard InChI is InChI=1S/C8H8N4O2/c13-5-6-4-12(11-10-6)8-2-1-7(14)3-9-8/h1-4,13-14H,5H2. The molecule has 0 aliphatic heterocycles. The van der Waals surface area contributed by atoms with Crippen molar-refractivity contribution in [1.82, 2.24) is 20.0 Å². The van der Waals surface area contributed by atoms with Gasteiger partial charge in [0, 0.05) is 0 Å². The summed E-state index contributed by atoms with van der Waals surface area (Å²) < 4.78 is 1.42. The van der Waals surface area contributed by atoms with E-state index in [1.165, 1.54) is 16.9 Å². The topological polar surface area (TPSA) is 84.1 Å². The summed E-state index contributed by atoms with van der Waals surface area (Å²) in [7, 11) is 0. The summed E-state index contributed by atoms with van der Waals surface area (Å²) in [5, 5.41) is 25.2. The molecular weight excluding hydrogens is 184 g/mol. The molecule has 0 saturated heterocycles. The lowest BCUT2D eigenvalue weighted by molar-refractivity contribution is 0.276. The second-order valence-electron chi connectivity index (χ2n) is 2.69. The van der Waals surface area contributed by atoms with Gasteiger partial charge < -0.3 is 10.2 Å². The van der Waals surface area contributed by atoms with Crippen LogP contribution < -0.4 is 0 Å². The van der Waals surface area contributed by atoms with Gasteiger partial charge in [0.2, 0.25) is 0 Å². The van der Waals surface area contributed by atoms with Gasteiger partial charge in [0.25, 0.3) is 0 Å². The van der Waals surface area contributed by atoms with Crippen LogP contribution in [0.5, 0.6) is 5.75 Å². The minimum absolute atomic E-state index is 0.0937. The Morgan fingerprint density at radius 3 is 2.79 bits per heavy atom. The molecular formula is C8H8N4O2. The molecule has 2 N–H and O–H groups in total. The summed E-state index contributed by atoms with van der Waals surface area (Å²) >= 11 is 0. The van der Waals surface area contributed by atoms with Crippen LogP contribution in [0.1, 0.15) is 5.69 Å². The highest BCUT2D eigenvalue weighted by Gasteiger charge is 2.02. The fourth-order valence-corrected chi connectivity index (χ4v) is 0.997. The number of rotatable bonds is 2. The van der Waals surface area contributed by atoms with Crippen LogP contribution in [-0.4, -0.2) is 30.2 Å². The van der Waals surface area contributed by atoms with Crippen molar-refractivity contribution in [2.45, 2.75) is 6.61 Å². The fourth-order valence-electron chi connectivity index (χ4n) is 0.997. The predicted octanol–water partition coefficient (Wildman–Crippen LogP) is -0.140. The van der Waals surface area contributed by atoms with E-state index in [0.717, 1.165) is 0 Å². The van der Waals surface area contributed by atoms with Crippen LogP contribution in [0.4, 0.5) is 0 Å². The van der Waals surface area contributed by atoms with Gasteiger partial charge >= 0.3 is 0 Å². The summed E-state index contributed by atoms with van der Waals surface area (Å²) in [5.74, 6) is 0.631. The number of aliphatic hydroxyl groups is 1. The summed E-state index contributed by atoms with van der Waals surface area (Å²) in [4.78, 5) is 3.92. The van der Waals surface area contributed by atoms with Crippen molar-refractivity contribution in [3.63, 3.8) is 0 Å². The summed E-state index contributed by atoms with van der Waals surface area (Å²) in [6.45, 7) is -0.155. The average Bonchev–Trinajstić information content (AvgIpc) is 2.67. The van der Waals surface area contributed by atoms with E-state index in [9.17, 15) is 0 Å². The maximum Gasteiger partial charge on any atom is 0.155 e. The second kappa shape index (κ2) is 3.43. The van der Waals surface area contributed by atoms with Gasteiger partial charge in [0.1, 0.15) is 11.4 Å². The van der Waals surface area contributed by atoms with Crippen LogP contribution >= 0.6 is 0 Å². The number of nitrogens with zero attached hydrogens (tertiary/aromatic N) is 4. The molecule has 14 heavy (non-hydrogen) atoms. The first-order valence-electron chi connectivity index (χ1n) is 3.97. The molecule has 0 atom stereocenters. The van der Waals surface area contributed by atoms with E-state index in [2.05, 4.69) is 15.3 Å². The molecule has 0 bridgehead atoms. The molecule has 0 aromatic carbocycles. The molecule has 2 aromatic rings. The molecule has 0 unspecified atom stereocenters. The lowest BCUT2D eigenvalue weighted by Crippen LogP contribution is -1.97. The lowest BCUT2D eigenvalue weighted by Gasteiger charge is -1.97. The number of aliphatic hydroxyl groups excluding tert-OH is 1. The van der Waals surface area contributed by atoms with Crippen LogP contribution in [0.25, 0.3) is 5.82 Å². The first-order chi connectivity index (χ1) is 6.79. The molecule has 2 aromatic heterocycles. The molecule has 6 nitrogen and oxygen atoms in total. The Kier molecular flexibility index (Phi) is 2.11. The maximum atomic E-state index is 9.01. The van der Waals surface area contributed by atoms with E-state index in [1.807, 2.05) is 0 Å². The second-order valence-corrected chi connectivity index (χ2v) is 2.69. The van der Waals surface area contributed by atoms with E-state index in [1.54, 1.807) is 12.3 Å². The number of hydrogen-bond acceptors (Lipinski definition) is 5. The van der Waals surface area contributed by atoms with E-state index in [4.69, 9.17) is 10.2 Å². The SMILES string of the molecule is OCc1cn(-c2ccc(O)cn2)nn1. The first kappa shape index (κ1) is 8.64. The van der Waals surface area contributed by atoms with Crippen LogP contribution in [0.15, 0.2) is 24.5 Å². The third-order valence-electron chi connectivity index (χ3n) is 1.67. The smallest absolute Gasteiger partial charge is 0.155 e. The molecule has 0 aliphatic rings. The van der Waals surface area contributed by atoms with E-state index < -0.39 is 0 Å².